The Labute approximate surface area is 292 Å². The van der Waals surface area contributed by atoms with Gasteiger partial charge in [0.1, 0.15) is 23.6 Å². The summed E-state index contributed by atoms with van der Waals surface area (Å²) in [7, 11) is -3.13. The number of carbonyl (C=O) groups excluding carboxylic acids is 5. The molecule has 0 N–H and O–H groups in total. The van der Waals surface area contributed by atoms with E-state index in [0.717, 1.165) is 29.1 Å². The molecule has 2 heterocycles. The molecule has 1 aromatic heterocycles. The van der Waals surface area contributed by atoms with E-state index in [9.17, 15) is 24.0 Å². The van der Waals surface area contributed by atoms with Crippen LogP contribution in [0.2, 0.25) is 5.04 Å². The molecule has 4 rings (SSSR count). The van der Waals surface area contributed by atoms with Crippen molar-refractivity contribution in [2.24, 2.45) is 0 Å². The predicted octanol–water partition coefficient (Wildman–Crippen LogP) is 3.49. The van der Waals surface area contributed by atoms with Crippen LogP contribution in [-0.4, -0.2) is 72.9 Å². The summed E-state index contributed by atoms with van der Waals surface area (Å²) in [6.45, 7) is 13.6. The van der Waals surface area contributed by atoms with E-state index < -0.39 is 67.5 Å². The standard InChI is InChI=1S/C36H43N3O10Si/c1-21-35(48-26(6)44)38-34(39(22(2)40)23(3)41)30(37-21)32-33(47-25(5)43)31(46-24(4)42)29(49-32)20-45-50(36(7,8)9,27-16-12-10-13-17-27)28-18-14-11-15-19-28/h10-19,29,31-33H,20H2,1-9H3/t29-,31-,32+,33-/m1/s1. The van der Waals surface area contributed by atoms with Gasteiger partial charge in [-0.2, -0.15) is 4.98 Å². The smallest absolute Gasteiger partial charge is 0.309 e. The summed E-state index contributed by atoms with van der Waals surface area (Å²) in [5.41, 5.74) is 0.0346. The van der Waals surface area contributed by atoms with Gasteiger partial charge in [0, 0.05) is 34.6 Å². The number of benzene rings is 2. The van der Waals surface area contributed by atoms with Gasteiger partial charge in [-0.1, -0.05) is 81.4 Å². The largest absolute Gasteiger partial charge is 0.456 e. The maximum Gasteiger partial charge on any atom is 0.309 e. The summed E-state index contributed by atoms with van der Waals surface area (Å²) < 4.78 is 30.4. The Bertz CT molecular complexity index is 1690. The Kier molecular flexibility index (Phi) is 11.7. The first-order valence-electron chi connectivity index (χ1n) is 16.1. The lowest BCUT2D eigenvalue weighted by Gasteiger charge is -2.43. The number of anilines is 1. The molecular formula is C36H43N3O10Si. The fourth-order valence-electron chi connectivity index (χ4n) is 6.33. The second-order valence-electron chi connectivity index (χ2n) is 13.0. The van der Waals surface area contributed by atoms with Gasteiger partial charge in [0.05, 0.1) is 6.61 Å². The lowest BCUT2D eigenvalue weighted by Crippen LogP contribution is -2.67. The number of hydrogen-bond donors (Lipinski definition) is 0. The quantitative estimate of drug-likeness (QED) is 0.224. The van der Waals surface area contributed by atoms with Crippen molar-refractivity contribution in [2.45, 2.75) is 91.8 Å². The van der Waals surface area contributed by atoms with Crippen LogP contribution in [0.4, 0.5) is 5.82 Å². The van der Waals surface area contributed by atoms with Gasteiger partial charge >= 0.3 is 17.9 Å². The third-order valence-corrected chi connectivity index (χ3v) is 13.2. The zero-order chi connectivity index (χ0) is 37.0. The number of aromatic nitrogens is 2. The van der Waals surface area contributed by atoms with Crippen molar-refractivity contribution in [1.82, 2.24) is 9.97 Å². The van der Waals surface area contributed by atoms with E-state index in [0.29, 0.717) is 0 Å². The molecule has 0 unspecified atom stereocenters. The average Bonchev–Trinajstić information content (AvgIpc) is 3.33. The molecule has 13 nitrogen and oxygen atoms in total. The van der Waals surface area contributed by atoms with E-state index >= 15 is 0 Å². The van der Waals surface area contributed by atoms with Crippen LogP contribution in [0.25, 0.3) is 0 Å². The predicted molar refractivity (Wildman–Crippen MR) is 184 cm³/mol. The Morgan fingerprint density at radius 1 is 0.760 bits per heavy atom. The molecule has 4 atom stereocenters. The van der Waals surface area contributed by atoms with E-state index in [1.54, 1.807) is 0 Å². The van der Waals surface area contributed by atoms with Gasteiger partial charge in [0.15, 0.2) is 18.0 Å². The summed E-state index contributed by atoms with van der Waals surface area (Å²) in [5.74, 6) is -4.06. The minimum Gasteiger partial charge on any atom is -0.456 e. The van der Waals surface area contributed by atoms with Crippen molar-refractivity contribution in [2.75, 3.05) is 11.5 Å². The Morgan fingerprint density at radius 3 is 1.70 bits per heavy atom. The molecule has 2 amide bonds. The van der Waals surface area contributed by atoms with Crippen LogP contribution in [0.3, 0.4) is 0 Å². The van der Waals surface area contributed by atoms with E-state index in [1.807, 2.05) is 60.7 Å². The summed E-state index contributed by atoms with van der Waals surface area (Å²) in [6.07, 6.45) is -4.85. The van der Waals surface area contributed by atoms with Gasteiger partial charge in [0.2, 0.25) is 17.7 Å². The molecule has 2 aromatic carbocycles. The third-order valence-electron chi connectivity index (χ3n) is 8.18. The van der Waals surface area contributed by atoms with Crippen molar-refractivity contribution >= 4 is 54.2 Å². The Balaban J connectivity index is 1.90. The summed E-state index contributed by atoms with van der Waals surface area (Å²) in [4.78, 5) is 72.2. The number of amides is 2. The van der Waals surface area contributed by atoms with E-state index in [1.165, 1.54) is 27.7 Å². The van der Waals surface area contributed by atoms with Crippen LogP contribution < -0.4 is 20.0 Å². The van der Waals surface area contributed by atoms with Crippen molar-refractivity contribution in [3.8, 4) is 5.88 Å². The summed E-state index contributed by atoms with van der Waals surface area (Å²) in [5, 5.41) is 1.58. The van der Waals surface area contributed by atoms with Crippen LogP contribution in [0.1, 0.15) is 72.9 Å². The molecule has 0 spiro atoms. The second kappa shape index (κ2) is 15.4. The van der Waals surface area contributed by atoms with E-state index in [2.05, 4.69) is 30.7 Å². The monoisotopic (exact) mass is 705 g/mol. The zero-order valence-corrected chi connectivity index (χ0v) is 30.7. The first-order chi connectivity index (χ1) is 23.5. The number of rotatable bonds is 10. The molecule has 3 aromatic rings. The molecule has 1 aliphatic rings. The lowest BCUT2D eigenvalue weighted by molar-refractivity contribution is -0.164. The molecule has 0 radical (unpaired) electrons. The SMILES string of the molecule is CC(=O)Oc1nc(N(C(C)=O)C(C)=O)c([C@@H]2O[C@H](CO[Si](c3ccccc3)(c3ccccc3)C(C)(C)C)[C@@H](OC(C)=O)[C@H]2OC(C)=O)nc1C. The van der Waals surface area contributed by atoms with Crippen molar-refractivity contribution < 1.29 is 47.3 Å². The minimum absolute atomic E-state index is 0.0832. The lowest BCUT2D eigenvalue weighted by atomic mass is 10.0. The molecule has 1 aliphatic heterocycles. The maximum atomic E-state index is 12.8. The van der Waals surface area contributed by atoms with E-state index in [4.69, 9.17) is 23.4 Å². The van der Waals surface area contributed by atoms with Gasteiger partial charge in [-0.25, -0.2) is 9.88 Å². The average molecular weight is 706 g/mol. The zero-order valence-electron chi connectivity index (χ0n) is 29.7. The second-order valence-corrected chi connectivity index (χ2v) is 17.3. The van der Waals surface area contributed by atoms with Gasteiger partial charge in [0.25, 0.3) is 8.32 Å². The summed E-state index contributed by atoms with van der Waals surface area (Å²) in [6, 6.07) is 19.8. The van der Waals surface area contributed by atoms with Crippen molar-refractivity contribution in [3.63, 3.8) is 0 Å². The van der Waals surface area contributed by atoms with Crippen LogP contribution in [0, 0.1) is 6.92 Å². The molecule has 14 heteroatoms. The highest BCUT2D eigenvalue weighted by Crippen LogP contribution is 2.43. The molecule has 50 heavy (non-hydrogen) atoms. The fraction of sp³-hybridized carbons (Fsp3) is 0.417. The number of ether oxygens (including phenoxy) is 4. The van der Waals surface area contributed by atoms with Gasteiger partial charge in [-0.05, 0) is 22.3 Å². The third kappa shape index (κ3) is 7.98. The molecule has 0 saturated carbocycles. The van der Waals surface area contributed by atoms with E-state index in [-0.39, 0.29) is 29.7 Å². The van der Waals surface area contributed by atoms with Gasteiger partial charge in [-0.3, -0.25) is 24.0 Å². The first-order valence-corrected chi connectivity index (χ1v) is 18.0. The topological polar surface area (TPSA) is 161 Å². The van der Waals surface area contributed by atoms with Crippen LogP contribution in [0.15, 0.2) is 60.7 Å². The van der Waals surface area contributed by atoms with Crippen molar-refractivity contribution in [3.05, 3.63) is 72.1 Å². The molecule has 0 bridgehead atoms. The number of aryl methyl sites for hydroxylation is 1. The van der Waals surface area contributed by atoms with Gasteiger partial charge in [-0.15, -0.1) is 0 Å². The molecule has 0 aliphatic carbocycles. The normalized spacial score (nSPS) is 19.0. The van der Waals surface area contributed by atoms with Gasteiger partial charge < -0.3 is 23.4 Å². The highest BCUT2D eigenvalue weighted by Gasteiger charge is 2.55. The number of esters is 3. The highest BCUT2D eigenvalue weighted by molar-refractivity contribution is 6.99. The number of carbonyl (C=O) groups is 5. The molecule has 1 saturated heterocycles. The number of imide groups is 1. The Hall–Kier alpha value is -4.79. The number of nitrogens with zero attached hydrogens (tertiary/aromatic N) is 3. The van der Waals surface area contributed by atoms with Crippen molar-refractivity contribution in [1.29, 1.82) is 0 Å². The molecule has 1 fully saturated rings. The highest BCUT2D eigenvalue weighted by atomic mass is 28.4. The van der Waals surface area contributed by atoms with Crippen LogP contribution >= 0.6 is 0 Å². The minimum atomic E-state index is -3.13. The maximum absolute atomic E-state index is 12.8. The van der Waals surface area contributed by atoms with Crippen LogP contribution in [-0.2, 0) is 42.6 Å². The molecular weight excluding hydrogens is 662 g/mol. The molecule has 266 valence electrons. The fourth-order valence-corrected chi connectivity index (χ4v) is 10.9. The first kappa shape index (κ1) is 38.0. The summed E-state index contributed by atoms with van der Waals surface area (Å²) >= 11 is 0. The number of hydrogen-bond acceptors (Lipinski definition) is 12. The van der Waals surface area contributed by atoms with Crippen LogP contribution in [0.5, 0.6) is 5.88 Å². The Morgan fingerprint density at radius 2 is 1.26 bits per heavy atom.